The number of hydrogen-bond donors (Lipinski definition) is 0. The summed E-state index contributed by atoms with van der Waals surface area (Å²) in [5, 5.41) is 0. The Bertz CT molecular complexity index is 847. The van der Waals surface area contributed by atoms with Crippen LogP contribution in [0.15, 0.2) is 36.4 Å². The number of benzene rings is 2. The second kappa shape index (κ2) is 12.4. The second-order valence-corrected chi connectivity index (χ2v) is 9.74. The fourth-order valence-corrected chi connectivity index (χ4v) is 5.63. The molecule has 0 N–H and O–H groups in total. The van der Waals surface area contributed by atoms with Gasteiger partial charge < -0.3 is 0 Å². The SMILES string of the molecule is C.Cc1[c-]c(C)cc(C#Cc2ccc(C3CCC(C4CCC(C)CC4)CC3)cc2)c1.[Y]. The van der Waals surface area contributed by atoms with Crippen molar-refractivity contribution in [1.29, 1.82) is 0 Å². The first-order valence-electron chi connectivity index (χ1n) is 11.7. The molecule has 0 unspecified atom stereocenters. The van der Waals surface area contributed by atoms with Crippen molar-refractivity contribution in [2.24, 2.45) is 17.8 Å². The van der Waals surface area contributed by atoms with Crippen LogP contribution in [0.2, 0.25) is 0 Å². The summed E-state index contributed by atoms with van der Waals surface area (Å²) in [5.41, 5.74) is 6.03. The van der Waals surface area contributed by atoms with E-state index in [0.717, 1.165) is 45.9 Å². The zero-order valence-corrected chi connectivity index (χ0v) is 21.8. The van der Waals surface area contributed by atoms with E-state index in [0.29, 0.717) is 0 Å². The molecule has 0 spiro atoms. The normalized spacial score (nSPS) is 25.4. The Hall–Kier alpha value is -0.896. The van der Waals surface area contributed by atoms with E-state index in [1.807, 2.05) is 0 Å². The summed E-state index contributed by atoms with van der Waals surface area (Å²) in [7, 11) is 0. The fraction of sp³-hybridized carbons (Fsp3) is 0.533. The third-order valence-electron chi connectivity index (χ3n) is 7.37. The van der Waals surface area contributed by atoms with E-state index in [4.69, 9.17) is 0 Å². The van der Waals surface area contributed by atoms with Crippen LogP contribution in [0.5, 0.6) is 0 Å². The van der Waals surface area contributed by atoms with Gasteiger partial charge in [0.15, 0.2) is 0 Å². The first kappa shape index (κ1) is 26.4. The first-order valence-corrected chi connectivity index (χ1v) is 11.7. The third kappa shape index (κ3) is 7.30. The second-order valence-electron chi connectivity index (χ2n) is 9.74. The van der Waals surface area contributed by atoms with Crippen molar-refractivity contribution >= 4 is 0 Å². The fourth-order valence-electron chi connectivity index (χ4n) is 5.63. The van der Waals surface area contributed by atoms with E-state index in [9.17, 15) is 0 Å². The van der Waals surface area contributed by atoms with E-state index in [2.05, 4.69) is 75.1 Å². The monoisotopic (exact) mass is 488 g/mol. The molecule has 0 bridgehead atoms. The summed E-state index contributed by atoms with van der Waals surface area (Å²) in [6.45, 7) is 6.59. The van der Waals surface area contributed by atoms with Crippen LogP contribution in [-0.2, 0) is 32.7 Å². The molecule has 1 heteroatoms. The van der Waals surface area contributed by atoms with Crippen molar-refractivity contribution < 1.29 is 32.7 Å². The van der Waals surface area contributed by atoms with Crippen LogP contribution in [0.3, 0.4) is 0 Å². The summed E-state index contributed by atoms with van der Waals surface area (Å²) in [6.07, 6.45) is 11.5. The maximum atomic E-state index is 3.34. The molecule has 2 aromatic carbocycles. The Morgan fingerprint density at radius 3 is 1.74 bits per heavy atom. The van der Waals surface area contributed by atoms with Crippen LogP contribution in [0, 0.1) is 49.5 Å². The minimum Gasteiger partial charge on any atom is -0.177 e. The Balaban J connectivity index is 0.00000171. The molecule has 0 aliphatic heterocycles. The van der Waals surface area contributed by atoms with Crippen LogP contribution >= 0.6 is 0 Å². The van der Waals surface area contributed by atoms with E-state index in [-0.39, 0.29) is 40.1 Å². The van der Waals surface area contributed by atoms with Crippen molar-refractivity contribution in [3.05, 3.63) is 70.3 Å². The molecule has 163 valence electrons. The molecule has 2 aromatic rings. The van der Waals surface area contributed by atoms with Gasteiger partial charge in [0.25, 0.3) is 0 Å². The zero-order valence-electron chi connectivity index (χ0n) is 19.0. The number of rotatable bonds is 2. The maximum Gasteiger partial charge on any atom is 0.0248 e. The van der Waals surface area contributed by atoms with Gasteiger partial charge in [0.2, 0.25) is 0 Å². The molecule has 0 heterocycles. The molecule has 0 nitrogen and oxygen atoms in total. The molecule has 0 atom stereocenters. The van der Waals surface area contributed by atoms with Crippen LogP contribution in [-0.4, -0.2) is 0 Å². The van der Waals surface area contributed by atoms with Crippen LogP contribution in [0.25, 0.3) is 0 Å². The van der Waals surface area contributed by atoms with Gasteiger partial charge in [-0.25, -0.2) is 0 Å². The van der Waals surface area contributed by atoms with Gasteiger partial charge >= 0.3 is 0 Å². The quantitative estimate of drug-likeness (QED) is 0.295. The number of hydrogen-bond acceptors (Lipinski definition) is 0. The van der Waals surface area contributed by atoms with Gasteiger partial charge in [-0.1, -0.05) is 70.6 Å². The topological polar surface area (TPSA) is 0 Å². The van der Waals surface area contributed by atoms with Crippen LogP contribution in [0.4, 0.5) is 0 Å². The molecule has 0 aromatic heterocycles. The Morgan fingerprint density at radius 2 is 1.19 bits per heavy atom. The molecule has 31 heavy (non-hydrogen) atoms. The van der Waals surface area contributed by atoms with Gasteiger partial charge in [0.05, 0.1) is 0 Å². The molecular weight excluding hydrogens is 449 g/mol. The molecule has 2 saturated carbocycles. The Morgan fingerprint density at radius 1 is 0.710 bits per heavy atom. The zero-order chi connectivity index (χ0) is 20.2. The molecule has 2 aliphatic rings. The van der Waals surface area contributed by atoms with E-state index in [1.54, 1.807) is 0 Å². The standard InChI is InChI=1S/C29H35.CH4.Y/c1-21-4-10-26(11-5-21)28-14-16-29(17-15-28)27-12-8-24(9-13-27)6-7-25-19-22(2)18-23(3)20-25;;/h8-9,12-13,19-21,26,28-29H,4-5,10-11,14-17H2,1-3H3;1H4;/q-1;;. The van der Waals surface area contributed by atoms with E-state index >= 15 is 0 Å². The predicted molar refractivity (Wildman–Crippen MR) is 130 cm³/mol. The average Bonchev–Trinajstić information content (AvgIpc) is 2.73. The number of aryl methyl sites for hydroxylation is 2. The molecule has 2 fully saturated rings. The Kier molecular flexibility index (Phi) is 10.5. The first-order chi connectivity index (χ1) is 14.1. The van der Waals surface area contributed by atoms with Crippen LogP contribution < -0.4 is 0 Å². The maximum absolute atomic E-state index is 3.34. The van der Waals surface area contributed by atoms with E-state index < -0.39 is 0 Å². The van der Waals surface area contributed by atoms with Gasteiger partial charge in [0.1, 0.15) is 0 Å². The van der Waals surface area contributed by atoms with E-state index in [1.165, 1.54) is 56.9 Å². The summed E-state index contributed by atoms with van der Waals surface area (Å²) >= 11 is 0. The van der Waals surface area contributed by atoms with Gasteiger partial charge in [-0.05, 0) is 79.9 Å². The third-order valence-corrected chi connectivity index (χ3v) is 7.37. The smallest absolute Gasteiger partial charge is 0.0248 e. The molecular formula is C30H39Y-. The van der Waals surface area contributed by atoms with Gasteiger partial charge in [-0.2, -0.15) is 29.3 Å². The average molecular weight is 489 g/mol. The Labute approximate surface area is 216 Å². The van der Waals surface area contributed by atoms with Crippen molar-refractivity contribution in [1.82, 2.24) is 0 Å². The summed E-state index contributed by atoms with van der Waals surface area (Å²) in [6, 6.07) is 16.6. The van der Waals surface area contributed by atoms with Crippen molar-refractivity contribution in [3.63, 3.8) is 0 Å². The predicted octanol–water partition coefficient (Wildman–Crippen LogP) is 8.24. The van der Waals surface area contributed by atoms with Gasteiger partial charge in [-0.15, -0.1) is 0 Å². The molecule has 4 rings (SSSR count). The van der Waals surface area contributed by atoms with Gasteiger partial charge in [0, 0.05) is 38.3 Å². The van der Waals surface area contributed by atoms with Gasteiger partial charge in [-0.3, -0.25) is 0 Å². The summed E-state index contributed by atoms with van der Waals surface area (Å²) in [4.78, 5) is 0. The van der Waals surface area contributed by atoms with Crippen molar-refractivity contribution in [2.75, 3.05) is 0 Å². The largest absolute Gasteiger partial charge is 0.177 e. The minimum absolute atomic E-state index is 0. The van der Waals surface area contributed by atoms with Crippen molar-refractivity contribution in [3.8, 4) is 11.8 Å². The molecule has 0 saturated heterocycles. The minimum atomic E-state index is 0. The van der Waals surface area contributed by atoms with Crippen LogP contribution in [0.1, 0.15) is 99.5 Å². The summed E-state index contributed by atoms with van der Waals surface area (Å²) < 4.78 is 0. The molecule has 2 aliphatic carbocycles. The summed E-state index contributed by atoms with van der Waals surface area (Å²) in [5.74, 6) is 10.4. The molecule has 0 amide bonds. The van der Waals surface area contributed by atoms with Crippen molar-refractivity contribution in [2.45, 2.75) is 85.5 Å². The molecule has 1 radical (unpaired) electrons.